The zero-order valence-corrected chi connectivity index (χ0v) is 13.9. The van der Waals surface area contributed by atoms with Gasteiger partial charge in [-0.05, 0) is 41.3 Å². The van der Waals surface area contributed by atoms with Gasteiger partial charge in [0.2, 0.25) is 10.0 Å². The minimum absolute atomic E-state index is 0.0840. The Bertz CT molecular complexity index is 958. The van der Waals surface area contributed by atoms with E-state index in [9.17, 15) is 17.2 Å². The average molecular weight is 366 g/mol. The van der Waals surface area contributed by atoms with E-state index in [-0.39, 0.29) is 6.54 Å². The molecular formula is C16H12F2N2O2S2. The van der Waals surface area contributed by atoms with Gasteiger partial charge in [-0.25, -0.2) is 21.9 Å². The first-order valence-corrected chi connectivity index (χ1v) is 9.26. The lowest BCUT2D eigenvalue weighted by molar-refractivity contribution is 0.545. The van der Waals surface area contributed by atoms with Gasteiger partial charge in [-0.2, -0.15) is 0 Å². The van der Waals surface area contributed by atoms with Crippen molar-refractivity contribution in [3.05, 3.63) is 71.2 Å². The van der Waals surface area contributed by atoms with Gasteiger partial charge in [0.05, 0.1) is 10.6 Å². The van der Waals surface area contributed by atoms with E-state index in [1.807, 2.05) is 17.5 Å². The number of pyridine rings is 1. The van der Waals surface area contributed by atoms with Crippen molar-refractivity contribution < 1.29 is 17.2 Å². The van der Waals surface area contributed by atoms with E-state index in [2.05, 4.69) is 9.71 Å². The van der Waals surface area contributed by atoms with Crippen LogP contribution in [0.3, 0.4) is 0 Å². The predicted octanol–water partition coefficient (Wildman–Crippen LogP) is 3.57. The van der Waals surface area contributed by atoms with Crippen molar-refractivity contribution in [1.29, 1.82) is 0 Å². The van der Waals surface area contributed by atoms with Crippen LogP contribution >= 0.6 is 11.3 Å². The monoisotopic (exact) mass is 366 g/mol. The minimum atomic E-state index is -4.19. The molecule has 0 aliphatic heterocycles. The van der Waals surface area contributed by atoms with Gasteiger partial charge in [0, 0.05) is 12.7 Å². The summed E-state index contributed by atoms with van der Waals surface area (Å²) < 4.78 is 53.7. The second-order valence-corrected chi connectivity index (χ2v) is 7.57. The smallest absolute Gasteiger partial charge is 0.243 e. The molecular weight excluding hydrogens is 354 g/mol. The van der Waals surface area contributed by atoms with Gasteiger partial charge in [0.25, 0.3) is 0 Å². The third kappa shape index (κ3) is 3.50. The molecule has 24 heavy (non-hydrogen) atoms. The zero-order chi connectivity index (χ0) is 17.2. The fourth-order valence-corrected chi connectivity index (χ4v) is 4.00. The Morgan fingerprint density at radius 3 is 2.71 bits per heavy atom. The molecule has 0 unspecified atom stereocenters. The highest BCUT2D eigenvalue weighted by Crippen LogP contribution is 2.26. The number of aromatic nitrogens is 1. The molecule has 0 bridgehead atoms. The largest absolute Gasteiger partial charge is 0.255 e. The molecule has 4 nitrogen and oxygen atoms in total. The van der Waals surface area contributed by atoms with Gasteiger partial charge < -0.3 is 0 Å². The third-order valence-electron chi connectivity index (χ3n) is 3.28. The van der Waals surface area contributed by atoms with Crippen molar-refractivity contribution in [3.63, 3.8) is 0 Å². The first-order valence-electron chi connectivity index (χ1n) is 6.90. The number of nitrogens with zero attached hydrogens (tertiary/aromatic N) is 1. The van der Waals surface area contributed by atoms with Crippen LogP contribution in [0.25, 0.3) is 10.6 Å². The van der Waals surface area contributed by atoms with Crippen molar-refractivity contribution in [2.24, 2.45) is 0 Å². The summed E-state index contributed by atoms with van der Waals surface area (Å²) in [6.07, 6.45) is 1.61. The summed E-state index contributed by atoms with van der Waals surface area (Å²) in [6.45, 7) is -0.0840. The maximum Gasteiger partial charge on any atom is 0.243 e. The topological polar surface area (TPSA) is 59.1 Å². The number of halogens is 2. The Balaban J connectivity index is 1.87. The van der Waals surface area contributed by atoms with Crippen LogP contribution in [0, 0.1) is 11.6 Å². The number of nitrogens with one attached hydrogen (secondary N) is 1. The number of benzene rings is 1. The van der Waals surface area contributed by atoms with Gasteiger partial charge in [0.1, 0.15) is 16.5 Å². The Kier molecular flexibility index (Phi) is 4.70. The lowest BCUT2D eigenvalue weighted by Crippen LogP contribution is -2.24. The molecule has 0 saturated carbocycles. The summed E-state index contributed by atoms with van der Waals surface area (Å²) in [4.78, 5) is 4.44. The molecule has 0 aliphatic rings. The summed E-state index contributed by atoms with van der Waals surface area (Å²) in [5, 5.41) is 1.89. The van der Waals surface area contributed by atoms with Crippen LogP contribution in [0.15, 0.2) is 58.9 Å². The third-order valence-corrected chi connectivity index (χ3v) is 5.57. The molecule has 124 valence electrons. The van der Waals surface area contributed by atoms with Crippen LogP contribution in [0.5, 0.6) is 0 Å². The molecule has 0 radical (unpaired) electrons. The summed E-state index contributed by atoms with van der Waals surface area (Å²) in [5.41, 5.74) is 1.29. The zero-order valence-electron chi connectivity index (χ0n) is 12.2. The molecule has 3 rings (SSSR count). The van der Waals surface area contributed by atoms with Crippen LogP contribution in [-0.4, -0.2) is 13.4 Å². The van der Waals surface area contributed by atoms with Gasteiger partial charge in [-0.15, -0.1) is 11.3 Å². The maximum atomic E-state index is 13.7. The SMILES string of the molecule is O=S(=O)(NCc1cccnc1-c1cccs1)c1cc(F)ccc1F. The summed E-state index contributed by atoms with van der Waals surface area (Å²) in [5.74, 6) is -1.83. The van der Waals surface area contributed by atoms with E-state index in [0.29, 0.717) is 17.3 Å². The molecule has 1 aromatic carbocycles. The Hall–Kier alpha value is -2.16. The maximum absolute atomic E-state index is 13.7. The predicted molar refractivity (Wildman–Crippen MR) is 87.9 cm³/mol. The van der Waals surface area contributed by atoms with Crippen molar-refractivity contribution in [1.82, 2.24) is 9.71 Å². The van der Waals surface area contributed by atoms with E-state index < -0.39 is 26.6 Å². The molecule has 3 aromatic rings. The first kappa shape index (κ1) is 16.7. The van der Waals surface area contributed by atoms with Gasteiger partial charge >= 0.3 is 0 Å². The quantitative estimate of drug-likeness (QED) is 0.751. The second kappa shape index (κ2) is 6.76. The normalized spacial score (nSPS) is 11.6. The molecule has 0 atom stereocenters. The standard InChI is InChI=1S/C16H12F2N2O2S2/c17-12-5-6-13(18)15(9-12)24(21,22)20-10-11-3-1-7-19-16(11)14-4-2-8-23-14/h1-9,20H,10H2. The van der Waals surface area contributed by atoms with Crippen LogP contribution in [0.4, 0.5) is 8.78 Å². The molecule has 1 N–H and O–H groups in total. The van der Waals surface area contributed by atoms with Crippen molar-refractivity contribution >= 4 is 21.4 Å². The highest BCUT2D eigenvalue weighted by molar-refractivity contribution is 7.89. The summed E-state index contributed by atoms with van der Waals surface area (Å²) in [7, 11) is -4.19. The van der Waals surface area contributed by atoms with Crippen LogP contribution in [-0.2, 0) is 16.6 Å². The van der Waals surface area contributed by atoms with E-state index in [1.54, 1.807) is 18.3 Å². The molecule has 0 saturated heterocycles. The van der Waals surface area contributed by atoms with E-state index >= 15 is 0 Å². The number of sulfonamides is 1. The Morgan fingerprint density at radius 2 is 1.96 bits per heavy atom. The molecule has 2 aromatic heterocycles. The molecule has 0 spiro atoms. The molecule has 8 heteroatoms. The number of thiophene rings is 1. The highest BCUT2D eigenvalue weighted by atomic mass is 32.2. The highest BCUT2D eigenvalue weighted by Gasteiger charge is 2.20. The Morgan fingerprint density at radius 1 is 1.12 bits per heavy atom. The van der Waals surface area contributed by atoms with E-state index in [4.69, 9.17) is 0 Å². The first-order chi connectivity index (χ1) is 11.5. The number of hydrogen-bond donors (Lipinski definition) is 1. The molecule has 0 amide bonds. The van der Waals surface area contributed by atoms with Crippen LogP contribution in [0.1, 0.15) is 5.56 Å². The lowest BCUT2D eigenvalue weighted by atomic mass is 10.2. The minimum Gasteiger partial charge on any atom is -0.255 e. The molecule has 2 heterocycles. The second-order valence-electron chi connectivity index (χ2n) is 4.89. The number of hydrogen-bond acceptors (Lipinski definition) is 4. The fraction of sp³-hybridized carbons (Fsp3) is 0.0625. The lowest BCUT2D eigenvalue weighted by Gasteiger charge is -2.10. The fourth-order valence-electron chi connectivity index (χ4n) is 2.15. The van der Waals surface area contributed by atoms with Gasteiger partial charge in [-0.3, -0.25) is 4.98 Å². The summed E-state index contributed by atoms with van der Waals surface area (Å²) in [6, 6.07) is 9.45. The molecule has 0 aliphatic carbocycles. The Labute approximate surface area is 141 Å². The van der Waals surface area contributed by atoms with Crippen LogP contribution < -0.4 is 4.72 Å². The van der Waals surface area contributed by atoms with Gasteiger partial charge in [0.15, 0.2) is 0 Å². The molecule has 0 fully saturated rings. The van der Waals surface area contributed by atoms with E-state index in [1.165, 1.54) is 11.3 Å². The number of rotatable bonds is 5. The van der Waals surface area contributed by atoms with Gasteiger partial charge in [-0.1, -0.05) is 12.1 Å². The van der Waals surface area contributed by atoms with Crippen LogP contribution in [0.2, 0.25) is 0 Å². The summed E-state index contributed by atoms with van der Waals surface area (Å²) >= 11 is 1.48. The average Bonchev–Trinajstić information content (AvgIpc) is 3.10. The van der Waals surface area contributed by atoms with Crippen molar-refractivity contribution in [3.8, 4) is 10.6 Å². The van der Waals surface area contributed by atoms with E-state index in [0.717, 1.165) is 17.0 Å². The van der Waals surface area contributed by atoms with Crippen molar-refractivity contribution in [2.45, 2.75) is 11.4 Å². The van der Waals surface area contributed by atoms with Crippen molar-refractivity contribution in [2.75, 3.05) is 0 Å².